The lowest BCUT2D eigenvalue weighted by Crippen LogP contribution is -2.31. The largest absolute Gasteiger partial charge is 0.481 e. The van der Waals surface area contributed by atoms with E-state index in [2.05, 4.69) is 10.4 Å². The van der Waals surface area contributed by atoms with Crippen molar-refractivity contribution in [3.8, 4) is 0 Å². The number of amides is 1. The maximum atomic E-state index is 12.1. The van der Waals surface area contributed by atoms with Gasteiger partial charge in [-0.2, -0.15) is 5.10 Å². The summed E-state index contributed by atoms with van der Waals surface area (Å²) in [5, 5.41) is 15.9. The summed E-state index contributed by atoms with van der Waals surface area (Å²) in [4.78, 5) is 22.8. The highest BCUT2D eigenvalue weighted by Gasteiger charge is 2.16. The van der Waals surface area contributed by atoms with Crippen molar-refractivity contribution >= 4 is 11.9 Å². The van der Waals surface area contributed by atoms with E-state index in [1.54, 1.807) is 10.7 Å². The van der Waals surface area contributed by atoms with Crippen LogP contribution in [0.1, 0.15) is 49.8 Å². The number of aromatic nitrogens is 2. The Labute approximate surface area is 119 Å². The summed E-state index contributed by atoms with van der Waals surface area (Å²) in [6, 6.07) is 1.79. The lowest BCUT2D eigenvalue weighted by Gasteiger charge is -2.13. The first kappa shape index (κ1) is 16.2. The molecule has 20 heavy (non-hydrogen) atoms. The summed E-state index contributed by atoms with van der Waals surface area (Å²) in [7, 11) is 0. The van der Waals surface area contributed by atoms with Gasteiger partial charge in [-0.25, -0.2) is 0 Å². The van der Waals surface area contributed by atoms with Crippen LogP contribution < -0.4 is 5.32 Å². The van der Waals surface area contributed by atoms with Gasteiger partial charge in [-0.15, -0.1) is 0 Å². The van der Waals surface area contributed by atoms with E-state index in [-0.39, 0.29) is 18.2 Å². The molecule has 0 radical (unpaired) electrons. The van der Waals surface area contributed by atoms with E-state index in [0.29, 0.717) is 18.8 Å². The fraction of sp³-hybridized carbons (Fsp3) is 0.643. The lowest BCUT2D eigenvalue weighted by atomic mass is 10.0. The van der Waals surface area contributed by atoms with E-state index in [1.807, 2.05) is 20.8 Å². The maximum absolute atomic E-state index is 12.1. The number of nitrogens with one attached hydrogen (secondary N) is 1. The summed E-state index contributed by atoms with van der Waals surface area (Å²) >= 11 is 0. The molecule has 1 unspecified atom stereocenters. The van der Waals surface area contributed by atoms with Crippen LogP contribution in [0.25, 0.3) is 0 Å². The standard InChI is InChI=1S/C14H23N3O3/c1-4-10(7-13(18)19)9-15-14(20)12-8-11(5-2)16-17(12)6-3/h8,10H,4-7,9H2,1-3H3,(H,15,20)(H,18,19). The number of hydrogen-bond acceptors (Lipinski definition) is 3. The second-order valence-electron chi connectivity index (χ2n) is 4.77. The van der Waals surface area contributed by atoms with Crippen molar-refractivity contribution in [1.82, 2.24) is 15.1 Å². The molecule has 1 aromatic rings. The van der Waals surface area contributed by atoms with Gasteiger partial charge in [0.15, 0.2) is 0 Å². The number of hydrogen-bond donors (Lipinski definition) is 2. The molecule has 1 atom stereocenters. The average molecular weight is 281 g/mol. The van der Waals surface area contributed by atoms with Gasteiger partial charge in [0.1, 0.15) is 5.69 Å². The average Bonchev–Trinajstić information content (AvgIpc) is 2.86. The Morgan fingerprint density at radius 2 is 2.10 bits per heavy atom. The number of aryl methyl sites for hydroxylation is 2. The lowest BCUT2D eigenvalue weighted by molar-refractivity contribution is -0.138. The van der Waals surface area contributed by atoms with Crippen LogP contribution in [0.15, 0.2) is 6.07 Å². The first-order valence-electron chi connectivity index (χ1n) is 7.08. The molecule has 0 saturated carbocycles. The van der Waals surface area contributed by atoms with Crippen molar-refractivity contribution in [3.05, 3.63) is 17.5 Å². The van der Waals surface area contributed by atoms with E-state index in [4.69, 9.17) is 5.11 Å². The van der Waals surface area contributed by atoms with Crippen molar-refractivity contribution in [2.75, 3.05) is 6.54 Å². The third kappa shape index (κ3) is 4.36. The van der Waals surface area contributed by atoms with Crippen LogP contribution in [0.5, 0.6) is 0 Å². The summed E-state index contributed by atoms with van der Waals surface area (Å²) in [6.07, 6.45) is 1.58. The maximum Gasteiger partial charge on any atom is 0.303 e. The summed E-state index contributed by atoms with van der Waals surface area (Å²) in [5.74, 6) is -1.07. The van der Waals surface area contributed by atoms with Gasteiger partial charge in [-0.1, -0.05) is 20.3 Å². The van der Waals surface area contributed by atoms with Crippen LogP contribution in [0.3, 0.4) is 0 Å². The molecule has 0 aromatic carbocycles. The van der Waals surface area contributed by atoms with Crippen molar-refractivity contribution in [2.45, 2.75) is 46.6 Å². The molecule has 1 amide bonds. The molecule has 6 nitrogen and oxygen atoms in total. The van der Waals surface area contributed by atoms with Gasteiger partial charge in [0.2, 0.25) is 0 Å². The van der Waals surface area contributed by atoms with Crippen molar-refractivity contribution in [2.24, 2.45) is 5.92 Å². The zero-order valence-corrected chi connectivity index (χ0v) is 12.3. The molecule has 0 fully saturated rings. The van der Waals surface area contributed by atoms with E-state index in [9.17, 15) is 9.59 Å². The zero-order chi connectivity index (χ0) is 15.1. The summed E-state index contributed by atoms with van der Waals surface area (Å²) in [6.45, 7) is 6.85. The number of rotatable bonds is 8. The number of carbonyl (C=O) groups is 2. The van der Waals surface area contributed by atoms with Gasteiger partial charge in [0, 0.05) is 19.5 Å². The minimum atomic E-state index is -0.835. The second-order valence-corrected chi connectivity index (χ2v) is 4.77. The van der Waals surface area contributed by atoms with Gasteiger partial charge in [0.25, 0.3) is 5.91 Å². The van der Waals surface area contributed by atoms with Crippen LogP contribution in [0.2, 0.25) is 0 Å². The first-order chi connectivity index (χ1) is 9.51. The molecule has 1 rings (SSSR count). The summed E-state index contributed by atoms with van der Waals surface area (Å²) < 4.78 is 1.67. The molecule has 0 spiro atoms. The highest BCUT2D eigenvalue weighted by atomic mass is 16.4. The van der Waals surface area contributed by atoms with Crippen LogP contribution in [-0.4, -0.2) is 33.3 Å². The monoisotopic (exact) mass is 281 g/mol. The Morgan fingerprint density at radius 1 is 1.40 bits per heavy atom. The van der Waals surface area contributed by atoms with E-state index >= 15 is 0 Å². The number of carbonyl (C=O) groups excluding carboxylic acids is 1. The van der Waals surface area contributed by atoms with Gasteiger partial charge >= 0.3 is 5.97 Å². The Kier molecular flexibility index (Phi) is 6.21. The van der Waals surface area contributed by atoms with Crippen LogP contribution in [0, 0.1) is 5.92 Å². The smallest absolute Gasteiger partial charge is 0.303 e. The Hall–Kier alpha value is -1.85. The minimum Gasteiger partial charge on any atom is -0.481 e. The zero-order valence-electron chi connectivity index (χ0n) is 12.3. The predicted octanol–water partition coefficient (Wildman–Crippen LogP) is 1.70. The van der Waals surface area contributed by atoms with Crippen molar-refractivity contribution in [1.29, 1.82) is 0 Å². The van der Waals surface area contributed by atoms with E-state index in [0.717, 1.165) is 18.5 Å². The van der Waals surface area contributed by atoms with Gasteiger partial charge in [0.05, 0.1) is 5.69 Å². The fourth-order valence-electron chi connectivity index (χ4n) is 2.00. The molecular weight excluding hydrogens is 258 g/mol. The van der Waals surface area contributed by atoms with Crippen LogP contribution >= 0.6 is 0 Å². The molecule has 1 aromatic heterocycles. The number of nitrogens with zero attached hydrogens (tertiary/aromatic N) is 2. The highest BCUT2D eigenvalue weighted by Crippen LogP contribution is 2.09. The molecule has 0 saturated heterocycles. The Balaban J connectivity index is 2.66. The molecule has 0 aliphatic heterocycles. The summed E-state index contributed by atoms with van der Waals surface area (Å²) in [5.41, 5.74) is 1.42. The van der Waals surface area contributed by atoms with Crippen LogP contribution in [0.4, 0.5) is 0 Å². The van der Waals surface area contributed by atoms with Gasteiger partial charge in [-0.3, -0.25) is 14.3 Å². The second kappa shape index (κ2) is 7.67. The molecule has 0 aliphatic carbocycles. The van der Waals surface area contributed by atoms with Gasteiger partial charge < -0.3 is 10.4 Å². The minimum absolute atomic E-state index is 0.0416. The molecule has 0 aliphatic rings. The first-order valence-corrected chi connectivity index (χ1v) is 7.08. The SMILES string of the molecule is CCc1cc(C(=O)NCC(CC)CC(=O)O)n(CC)n1. The molecule has 0 bridgehead atoms. The van der Waals surface area contributed by atoms with E-state index < -0.39 is 5.97 Å². The molecular formula is C14H23N3O3. The van der Waals surface area contributed by atoms with Gasteiger partial charge in [-0.05, 0) is 25.3 Å². The normalized spacial score (nSPS) is 12.2. The fourth-order valence-corrected chi connectivity index (χ4v) is 2.00. The highest BCUT2D eigenvalue weighted by molar-refractivity contribution is 5.92. The molecule has 2 N–H and O–H groups in total. The third-order valence-electron chi connectivity index (χ3n) is 3.32. The predicted molar refractivity (Wildman–Crippen MR) is 75.6 cm³/mol. The molecule has 112 valence electrons. The van der Waals surface area contributed by atoms with Crippen molar-refractivity contribution < 1.29 is 14.7 Å². The molecule has 1 heterocycles. The van der Waals surface area contributed by atoms with Crippen LogP contribution in [-0.2, 0) is 17.8 Å². The molecule has 6 heteroatoms. The van der Waals surface area contributed by atoms with Crippen molar-refractivity contribution in [3.63, 3.8) is 0 Å². The Bertz CT molecular complexity index is 468. The third-order valence-corrected chi connectivity index (χ3v) is 3.32. The Morgan fingerprint density at radius 3 is 2.60 bits per heavy atom. The number of carboxylic acids is 1. The number of carboxylic acid groups (broad SMARTS) is 1. The quantitative estimate of drug-likeness (QED) is 0.759. The topological polar surface area (TPSA) is 84.2 Å². The number of aliphatic carboxylic acids is 1. The van der Waals surface area contributed by atoms with E-state index in [1.165, 1.54) is 0 Å².